The molecule has 0 fully saturated rings. The van der Waals surface area contributed by atoms with Gasteiger partial charge in [-0.1, -0.05) is 6.07 Å². The van der Waals surface area contributed by atoms with E-state index >= 15 is 0 Å². The van der Waals surface area contributed by atoms with Crippen LogP contribution < -0.4 is 9.64 Å². The molecule has 0 saturated heterocycles. The zero-order chi connectivity index (χ0) is 15.9. The van der Waals surface area contributed by atoms with Crippen LogP contribution in [0.5, 0.6) is 5.75 Å². The molecule has 1 heterocycles. The first-order chi connectivity index (χ1) is 10.7. The first kappa shape index (κ1) is 16.3. The Kier molecular flexibility index (Phi) is 5.81. The van der Waals surface area contributed by atoms with Crippen molar-refractivity contribution in [3.05, 3.63) is 23.8 Å². The van der Waals surface area contributed by atoms with E-state index in [-0.39, 0.29) is 11.9 Å². The molecule has 1 aliphatic heterocycles. The fraction of sp³-hybridized carbons (Fsp3) is 0.529. The first-order valence-electron chi connectivity index (χ1n) is 7.88. The maximum Gasteiger partial charge on any atom is 0.305 e. The Morgan fingerprint density at radius 1 is 1.27 bits per heavy atom. The molecular formula is C17H23NO4. The van der Waals surface area contributed by atoms with Gasteiger partial charge < -0.3 is 14.4 Å². The molecular weight excluding hydrogens is 282 g/mol. The van der Waals surface area contributed by atoms with Crippen molar-refractivity contribution in [2.75, 3.05) is 24.7 Å². The average Bonchev–Trinajstić information content (AvgIpc) is 2.51. The van der Waals surface area contributed by atoms with Crippen LogP contribution in [0.2, 0.25) is 0 Å². The van der Waals surface area contributed by atoms with Crippen molar-refractivity contribution < 1.29 is 19.1 Å². The molecule has 0 aliphatic carbocycles. The van der Waals surface area contributed by atoms with Gasteiger partial charge in [-0.15, -0.1) is 0 Å². The molecule has 0 spiro atoms. The predicted octanol–water partition coefficient (Wildman–Crippen LogP) is 2.71. The smallest absolute Gasteiger partial charge is 0.305 e. The number of hydrogen-bond donors (Lipinski definition) is 0. The predicted molar refractivity (Wildman–Crippen MR) is 84.2 cm³/mol. The lowest BCUT2D eigenvalue weighted by Crippen LogP contribution is -2.34. The largest absolute Gasteiger partial charge is 0.493 e. The summed E-state index contributed by atoms with van der Waals surface area (Å²) in [6, 6.07) is 5.79. The van der Waals surface area contributed by atoms with Gasteiger partial charge in [-0.25, -0.2) is 0 Å². The van der Waals surface area contributed by atoms with E-state index in [1.54, 1.807) is 11.8 Å². The Labute approximate surface area is 131 Å². The molecule has 0 radical (unpaired) electrons. The lowest BCUT2D eigenvalue weighted by atomic mass is 10.00. The number of fused-ring (bicyclic) bond motifs is 1. The Balaban J connectivity index is 1.97. The monoisotopic (exact) mass is 305 g/mol. The van der Waals surface area contributed by atoms with E-state index in [1.165, 1.54) is 0 Å². The molecule has 1 aromatic carbocycles. The highest BCUT2D eigenvalue weighted by molar-refractivity contribution is 5.96. The molecule has 0 aromatic heterocycles. The van der Waals surface area contributed by atoms with Crippen molar-refractivity contribution in [3.8, 4) is 5.75 Å². The minimum Gasteiger partial charge on any atom is -0.493 e. The third-order valence-corrected chi connectivity index (χ3v) is 3.69. The number of nitrogens with zero attached hydrogens (tertiary/aromatic N) is 1. The normalized spacial score (nSPS) is 13.7. The van der Waals surface area contributed by atoms with E-state index in [9.17, 15) is 9.59 Å². The molecule has 1 aliphatic rings. The first-order valence-corrected chi connectivity index (χ1v) is 7.88. The molecule has 0 bridgehead atoms. The molecule has 1 amide bonds. The van der Waals surface area contributed by atoms with Gasteiger partial charge in [0.1, 0.15) is 5.75 Å². The van der Waals surface area contributed by atoms with Crippen molar-refractivity contribution >= 4 is 17.6 Å². The highest BCUT2D eigenvalue weighted by Gasteiger charge is 2.25. The molecule has 22 heavy (non-hydrogen) atoms. The number of benzene rings is 1. The quantitative estimate of drug-likeness (QED) is 0.574. The summed E-state index contributed by atoms with van der Waals surface area (Å²) in [5, 5.41) is 0. The van der Waals surface area contributed by atoms with Crippen LogP contribution in [0.25, 0.3) is 0 Å². The van der Waals surface area contributed by atoms with Crippen LogP contribution in [0.15, 0.2) is 18.2 Å². The number of rotatable bonds is 7. The summed E-state index contributed by atoms with van der Waals surface area (Å²) in [5.74, 6) is 0.783. The van der Waals surface area contributed by atoms with Crippen molar-refractivity contribution in [1.29, 1.82) is 0 Å². The Bertz CT molecular complexity index is 541. The van der Waals surface area contributed by atoms with Gasteiger partial charge in [0.25, 0.3) is 0 Å². The fourth-order valence-electron chi connectivity index (χ4n) is 2.67. The third-order valence-electron chi connectivity index (χ3n) is 3.69. The molecule has 0 N–H and O–H groups in total. The van der Waals surface area contributed by atoms with E-state index in [2.05, 4.69) is 0 Å². The average molecular weight is 305 g/mol. The van der Waals surface area contributed by atoms with E-state index in [0.29, 0.717) is 45.4 Å². The zero-order valence-electron chi connectivity index (χ0n) is 13.3. The summed E-state index contributed by atoms with van der Waals surface area (Å²) < 4.78 is 10.7. The summed E-state index contributed by atoms with van der Waals surface area (Å²) in [6.07, 6.45) is 2.21. The molecule has 2 rings (SSSR count). The lowest BCUT2D eigenvalue weighted by molar-refractivity contribution is -0.143. The number of hydrogen-bond acceptors (Lipinski definition) is 4. The second kappa shape index (κ2) is 7.82. The minimum atomic E-state index is -0.191. The van der Waals surface area contributed by atoms with Crippen LogP contribution in [0.1, 0.15) is 38.7 Å². The Morgan fingerprint density at radius 2 is 2.09 bits per heavy atom. The minimum absolute atomic E-state index is 0.162. The number of carbonyl (C=O) groups is 2. The van der Waals surface area contributed by atoms with Crippen molar-refractivity contribution in [3.63, 3.8) is 0 Å². The zero-order valence-corrected chi connectivity index (χ0v) is 13.3. The van der Waals surface area contributed by atoms with Crippen molar-refractivity contribution in [1.82, 2.24) is 0 Å². The van der Waals surface area contributed by atoms with Gasteiger partial charge in [0.2, 0.25) is 5.91 Å². The highest BCUT2D eigenvalue weighted by Crippen LogP contribution is 2.34. The van der Waals surface area contributed by atoms with Gasteiger partial charge in [-0.05, 0) is 38.8 Å². The molecule has 120 valence electrons. The Hall–Kier alpha value is -2.04. The number of anilines is 1. The molecule has 0 saturated carbocycles. The summed E-state index contributed by atoms with van der Waals surface area (Å²) in [5.41, 5.74) is 2.03. The Morgan fingerprint density at radius 3 is 2.82 bits per heavy atom. The molecule has 5 heteroatoms. The standard InChI is InChI=1S/C17H23NO4/c1-3-18-14-7-5-8-15(13(14)10-11-16(18)19)22-12-6-9-17(20)21-4-2/h5,7-8H,3-4,6,9-12H2,1-2H3. The number of carbonyl (C=O) groups excluding carboxylic acids is 2. The van der Waals surface area contributed by atoms with Crippen molar-refractivity contribution in [2.24, 2.45) is 0 Å². The van der Waals surface area contributed by atoms with Crippen LogP contribution in [-0.2, 0) is 20.7 Å². The maximum absolute atomic E-state index is 11.9. The molecule has 0 unspecified atom stereocenters. The summed E-state index contributed by atoms with van der Waals surface area (Å²) in [6.45, 7) is 5.31. The second-order valence-electron chi connectivity index (χ2n) is 5.15. The molecule has 1 aromatic rings. The van der Waals surface area contributed by atoms with Gasteiger partial charge >= 0.3 is 5.97 Å². The SMILES string of the molecule is CCOC(=O)CCCOc1cccc2c1CCC(=O)N2CC. The van der Waals surface area contributed by atoms with Gasteiger partial charge in [0.15, 0.2) is 0 Å². The second-order valence-corrected chi connectivity index (χ2v) is 5.15. The summed E-state index contributed by atoms with van der Waals surface area (Å²) in [4.78, 5) is 25.0. The van der Waals surface area contributed by atoms with Gasteiger partial charge in [-0.3, -0.25) is 9.59 Å². The third kappa shape index (κ3) is 3.78. The van der Waals surface area contributed by atoms with Crippen LogP contribution in [0.4, 0.5) is 5.69 Å². The highest BCUT2D eigenvalue weighted by atomic mass is 16.5. The van der Waals surface area contributed by atoms with Gasteiger partial charge in [-0.2, -0.15) is 0 Å². The summed E-state index contributed by atoms with van der Waals surface area (Å²) in [7, 11) is 0. The van der Waals surface area contributed by atoms with E-state index in [0.717, 1.165) is 17.0 Å². The topological polar surface area (TPSA) is 55.8 Å². The van der Waals surface area contributed by atoms with E-state index in [1.807, 2.05) is 25.1 Å². The van der Waals surface area contributed by atoms with Gasteiger partial charge in [0.05, 0.1) is 18.9 Å². The van der Waals surface area contributed by atoms with Crippen molar-refractivity contribution in [2.45, 2.75) is 39.5 Å². The van der Waals surface area contributed by atoms with E-state index in [4.69, 9.17) is 9.47 Å². The van der Waals surface area contributed by atoms with Crippen LogP contribution in [-0.4, -0.2) is 31.6 Å². The number of esters is 1. The number of ether oxygens (including phenoxy) is 2. The lowest BCUT2D eigenvalue weighted by Gasteiger charge is -2.29. The number of amides is 1. The molecule has 0 atom stereocenters. The van der Waals surface area contributed by atoms with Crippen LogP contribution >= 0.6 is 0 Å². The van der Waals surface area contributed by atoms with Gasteiger partial charge in [0, 0.05) is 24.9 Å². The maximum atomic E-state index is 11.9. The molecule has 5 nitrogen and oxygen atoms in total. The fourth-order valence-corrected chi connectivity index (χ4v) is 2.67. The summed E-state index contributed by atoms with van der Waals surface area (Å²) >= 11 is 0. The van der Waals surface area contributed by atoms with Crippen LogP contribution in [0.3, 0.4) is 0 Å². The van der Waals surface area contributed by atoms with E-state index < -0.39 is 0 Å². The van der Waals surface area contributed by atoms with Crippen LogP contribution in [0, 0.1) is 0 Å².